The van der Waals surface area contributed by atoms with Crippen molar-refractivity contribution in [2.45, 2.75) is 31.4 Å². The van der Waals surface area contributed by atoms with E-state index in [1.165, 1.54) is 11.1 Å². The van der Waals surface area contributed by atoms with Gasteiger partial charge in [0, 0.05) is 23.2 Å². The average Bonchev–Trinajstić information content (AvgIpc) is 2.82. The third kappa shape index (κ3) is 4.96. The summed E-state index contributed by atoms with van der Waals surface area (Å²) in [6.45, 7) is 0.478. The van der Waals surface area contributed by atoms with E-state index in [1.54, 1.807) is 37.4 Å². The molecule has 2 atom stereocenters. The summed E-state index contributed by atoms with van der Waals surface area (Å²) in [4.78, 5) is 11.3. The molecule has 6 heteroatoms. The number of benzene rings is 3. The van der Waals surface area contributed by atoms with Crippen molar-refractivity contribution < 1.29 is 19.7 Å². The van der Waals surface area contributed by atoms with Crippen LogP contribution in [0.3, 0.4) is 0 Å². The van der Waals surface area contributed by atoms with Crippen molar-refractivity contribution >= 4 is 17.6 Å². The van der Waals surface area contributed by atoms with Gasteiger partial charge in [0.25, 0.3) is 0 Å². The van der Waals surface area contributed by atoms with Crippen molar-refractivity contribution in [3.8, 4) is 16.9 Å². The first-order valence-corrected chi connectivity index (χ1v) is 11.0. The van der Waals surface area contributed by atoms with Gasteiger partial charge in [-0.3, -0.25) is 0 Å². The van der Waals surface area contributed by atoms with Gasteiger partial charge in [0.1, 0.15) is 5.75 Å². The minimum Gasteiger partial charge on any atom is -0.496 e. The van der Waals surface area contributed by atoms with E-state index in [9.17, 15) is 15.0 Å². The number of carboxylic acids is 1. The topological polar surface area (TPSA) is 78.8 Å². The van der Waals surface area contributed by atoms with Crippen molar-refractivity contribution in [3.63, 3.8) is 0 Å². The predicted octanol–water partition coefficient (Wildman–Crippen LogP) is 4.89. The zero-order valence-corrected chi connectivity index (χ0v) is 18.6. The molecule has 1 aliphatic carbocycles. The lowest BCUT2D eigenvalue weighted by atomic mass is 9.86. The third-order valence-corrected chi connectivity index (χ3v) is 6.30. The number of fused-ring (bicyclic) bond motifs is 1. The fourth-order valence-corrected chi connectivity index (χ4v) is 4.37. The first kappa shape index (κ1) is 22.3. The highest BCUT2D eigenvalue weighted by atomic mass is 35.5. The van der Waals surface area contributed by atoms with Gasteiger partial charge in [-0.25, -0.2) is 4.79 Å². The standard InChI is InChI=1S/C26H26ClNO4/c1-32-25-14-19(26(30)31)7-11-23(25)18-3-2-16-6-10-22(13-20(16)12-18)28-15-24(29)17-4-8-21(27)9-5-17/h2-5,7-9,11-12,14,22,24,28-29H,6,10,13,15H2,1H3,(H,30,31)/t22-,24-/m0/s1. The van der Waals surface area contributed by atoms with Crippen LogP contribution in [0.4, 0.5) is 0 Å². The van der Waals surface area contributed by atoms with Gasteiger partial charge in [0.2, 0.25) is 0 Å². The molecule has 166 valence electrons. The normalized spacial score (nSPS) is 16.3. The van der Waals surface area contributed by atoms with Crippen molar-refractivity contribution in [1.82, 2.24) is 5.32 Å². The zero-order valence-electron chi connectivity index (χ0n) is 17.8. The second-order valence-corrected chi connectivity index (χ2v) is 8.56. The van der Waals surface area contributed by atoms with E-state index in [0.717, 1.165) is 36.0 Å². The fourth-order valence-electron chi connectivity index (χ4n) is 4.24. The second kappa shape index (κ2) is 9.74. The number of carbonyl (C=O) groups is 1. The van der Waals surface area contributed by atoms with Crippen LogP contribution in [0.5, 0.6) is 5.75 Å². The van der Waals surface area contributed by atoms with Crippen LogP contribution in [-0.2, 0) is 12.8 Å². The van der Waals surface area contributed by atoms with Crippen LogP contribution in [0.1, 0.15) is 39.6 Å². The van der Waals surface area contributed by atoms with Gasteiger partial charge in [-0.05, 0) is 71.8 Å². The number of hydrogen-bond donors (Lipinski definition) is 3. The summed E-state index contributed by atoms with van der Waals surface area (Å²) in [6, 6.07) is 18.9. The third-order valence-electron chi connectivity index (χ3n) is 6.05. The van der Waals surface area contributed by atoms with E-state index < -0.39 is 12.1 Å². The number of aryl methyl sites for hydroxylation is 1. The summed E-state index contributed by atoms with van der Waals surface area (Å²) >= 11 is 5.93. The van der Waals surface area contributed by atoms with Gasteiger partial charge < -0.3 is 20.3 Å². The Balaban J connectivity index is 1.47. The quantitative estimate of drug-likeness (QED) is 0.476. The molecule has 0 amide bonds. The van der Waals surface area contributed by atoms with E-state index >= 15 is 0 Å². The molecule has 0 bridgehead atoms. The molecule has 5 nitrogen and oxygen atoms in total. The largest absolute Gasteiger partial charge is 0.496 e. The zero-order chi connectivity index (χ0) is 22.7. The highest BCUT2D eigenvalue weighted by Gasteiger charge is 2.21. The second-order valence-electron chi connectivity index (χ2n) is 8.12. The van der Waals surface area contributed by atoms with Gasteiger partial charge in [-0.2, -0.15) is 0 Å². The minimum absolute atomic E-state index is 0.201. The Bertz CT molecular complexity index is 1110. The van der Waals surface area contributed by atoms with Crippen LogP contribution in [0.25, 0.3) is 11.1 Å². The smallest absolute Gasteiger partial charge is 0.335 e. The predicted molar refractivity (Wildman–Crippen MR) is 126 cm³/mol. The monoisotopic (exact) mass is 451 g/mol. The molecule has 0 fully saturated rings. The molecular formula is C26H26ClNO4. The summed E-state index contributed by atoms with van der Waals surface area (Å²) in [5.41, 5.74) is 5.50. The first-order chi connectivity index (χ1) is 15.4. The SMILES string of the molecule is COc1cc(C(=O)O)ccc1-c1ccc2c(c1)C[C@@H](NC[C@H](O)c1ccc(Cl)cc1)CC2. The molecular weight excluding hydrogens is 426 g/mol. The average molecular weight is 452 g/mol. The number of ether oxygens (including phenoxy) is 1. The van der Waals surface area contributed by atoms with Crippen LogP contribution in [0, 0.1) is 0 Å². The number of aliphatic hydroxyl groups excluding tert-OH is 1. The Hall–Kier alpha value is -2.86. The van der Waals surface area contributed by atoms with E-state index in [-0.39, 0.29) is 11.6 Å². The number of halogens is 1. The van der Waals surface area contributed by atoms with Crippen molar-refractivity contribution in [3.05, 3.63) is 87.9 Å². The Labute approximate surface area is 192 Å². The molecule has 0 radical (unpaired) electrons. The number of aliphatic hydroxyl groups is 1. The number of hydrogen-bond acceptors (Lipinski definition) is 4. The number of aromatic carboxylic acids is 1. The number of methoxy groups -OCH3 is 1. The minimum atomic E-state index is -0.977. The highest BCUT2D eigenvalue weighted by Crippen LogP contribution is 2.34. The highest BCUT2D eigenvalue weighted by molar-refractivity contribution is 6.30. The van der Waals surface area contributed by atoms with E-state index in [4.69, 9.17) is 16.3 Å². The molecule has 3 aromatic rings. The molecule has 0 unspecified atom stereocenters. The summed E-state index contributed by atoms with van der Waals surface area (Å²) in [5.74, 6) is -0.434. The Morgan fingerprint density at radius 2 is 1.91 bits per heavy atom. The molecule has 0 saturated carbocycles. The summed E-state index contributed by atoms with van der Waals surface area (Å²) < 4.78 is 5.46. The van der Waals surface area contributed by atoms with Gasteiger partial charge in [0.15, 0.2) is 0 Å². The number of rotatable bonds is 7. The van der Waals surface area contributed by atoms with Crippen LogP contribution in [0.15, 0.2) is 60.7 Å². The Morgan fingerprint density at radius 1 is 1.12 bits per heavy atom. The van der Waals surface area contributed by atoms with Crippen molar-refractivity contribution in [2.75, 3.05) is 13.7 Å². The van der Waals surface area contributed by atoms with Gasteiger partial charge in [-0.15, -0.1) is 0 Å². The molecule has 4 rings (SSSR count). The first-order valence-electron chi connectivity index (χ1n) is 10.6. The lowest BCUT2D eigenvalue weighted by Crippen LogP contribution is -2.37. The van der Waals surface area contributed by atoms with Crippen LogP contribution >= 0.6 is 11.6 Å². The lowest BCUT2D eigenvalue weighted by Gasteiger charge is -2.27. The van der Waals surface area contributed by atoms with Crippen LogP contribution in [-0.4, -0.2) is 35.9 Å². The Kier molecular flexibility index (Phi) is 6.80. The van der Waals surface area contributed by atoms with Crippen LogP contribution < -0.4 is 10.1 Å². The Morgan fingerprint density at radius 3 is 2.62 bits per heavy atom. The summed E-state index contributed by atoms with van der Waals surface area (Å²) in [5, 5.41) is 23.9. The maximum Gasteiger partial charge on any atom is 0.335 e. The van der Waals surface area contributed by atoms with E-state index in [0.29, 0.717) is 17.3 Å². The van der Waals surface area contributed by atoms with E-state index in [1.807, 2.05) is 12.1 Å². The van der Waals surface area contributed by atoms with Crippen molar-refractivity contribution in [1.29, 1.82) is 0 Å². The molecule has 0 saturated heterocycles. The molecule has 0 aromatic heterocycles. The molecule has 0 aliphatic heterocycles. The van der Waals surface area contributed by atoms with Gasteiger partial charge in [0.05, 0.1) is 18.8 Å². The fraction of sp³-hybridized carbons (Fsp3) is 0.269. The van der Waals surface area contributed by atoms with Crippen molar-refractivity contribution in [2.24, 2.45) is 0 Å². The lowest BCUT2D eigenvalue weighted by molar-refractivity contribution is 0.0696. The maximum atomic E-state index is 11.3. The van der Waals surface area contributed by atoms with Gasteiger partial charge >= 0.3 is 5.97 Å². The molecule has 3 aromatic carbocycles. The maximum absolute atomic E-state index is 11.3. The van der Waals surface area contributed by atoms with E-state index in [2.05, 4.69) is 23.5 Å². The molecule has 32 heavy (non-hydrogen) atoms. The van der Waals surface area contributed by atoms with Gasteiger partial charge in [-0.1, -0.05) is 41.9 Å². The number of carboxylic acid groups (broad SMARTS) is 1. The molecule has 3 N–H and O–H groups in total. The summed E-state index contributed by atoms with van der Waals surface area (Å²) in [7, 11) is 1.55. The summed E-state index contributed by atoms with van der Waals surface area (Å²) in [6.07, 6.45) is 2.26. The molecule has 0 spiro atoms. The number of nitrogens with one attached hydrogen (secondary N) is 1. The van der Waals surface area contributed by atoms with Crippen LogP contribution in [0.2, 0.25) is 5.02 Å². The molecule has 0 heterocycles. The molecule has 1 aliphatic rings.